The number of hydrogen-bond acceptors (Lipinski definition) is 3. The maximum atomic E-state index is 5.67. The van der Waals surface area contributed by atoms with Gasteiger partial charge in [0.1, 0.15) is 12.4 Å². The highest BCUT2D eigenvalue weighted by molar-refractivity contribution is 5.26. The van der Waals surface area contributed by atoms with Crippen LogP contribution >= 0.6 is 0 Å². The summed E-state index contributed by atoms with van der Waals surface area (Å²) >= 11 is 0. The van der Waals surface area contributed by atoms with E-state index in [1.807, 2.05) is 12.1 Å². The zero-order chi connectivity index (χ0) is 12.6. The maximum absolute atomic E-state index is 5.67. The number of piperidine rings is 1. The van der Waals surface area contributed by atoms with Gasteiger partial charge in [-0.05, 0) is 50.9 Å². The number of hydrogen-bond donors (Lipinski definition) is 1. The SMILES string of the molecule is Cc1ccc(OCCOCC2CCNCC2)cc1. The number of ether oxygens (including phenoxy) is 2. The average Bonchev–Trinajstić information content (AvgIpc) is 2.42. The summed E-state index contributed by atoms with van der Waals surface area (Å²) in [6.45, 7) is 6.53. The minimum absolute atomic E-state index is 0.633. The van der Waals surface area contributed by atoms with Crippen LogP contribution in [0.1, 0.15) is 18.4 Å². The molecule has 1 N–H and O–H groups in total. The molecule has 1 aliphatic heterocycles. The number of benzene rings is 1. The molecule has 1 aromatic rings. The zero-order valence-corrected chi connectivity index (χ0v) is 11.2. The Balaban J connectivity index is 1.54. The van der Waals surface area contributed by atoms with Gasteiger partial charge in [0.25, 0.3) is 0 Å². The summed E-state index contributed by atoms with van der Waals surface area (Å²) in [7, 11) is 0. The van der Waals surface area contributed by atoms with Crippen molar-refractivity contribution in [2.24, 2.45) is 5.92 Å². The van der Waals surface area contributed by atoms with Gasteiger partial charge in [0.05, 0.1) is 6.61 Å². The lowest BCUT2D eigenvalue weighted by Gasteiger charge is -2.22. The van der Waals surface area contributed by atoms with Crippen molar-refractivity contribution in [1.29, 1.82) is 0 Å². The highest BCUT2D eigenvalue weighted by Gasteiger charge is 2.12. The van der Waals surface area contributed by atoms with Crippen molar-refractivity contribution >= 4 is 0 Å². The first-order valence-electron chi connectivity index (χ1n) is 6.82. The molecule has 0 atom stereocenters. The van der Waals surface area contributed by atoms with Crippen molar-refractivity contribution in [1.82, 2.24) is 5.32 Å². The summed E-state index contributed by atoms with van der Waals surface area (Å²) in [5, 5.41) is 3.36. The molecular weight excluding hydrogens is 226 g/mol. The molecule has 3 heteroatoms. The van der Waals surface area contributed by atoms with Gasteiger partial charge in [0.15, 0.2) is 0 Å². The molecule has 1 fully saturated rings. The van der Waals surface area contributed by atoms with Crippen LogP contribution in [0.25, 0.3) is 0 Å². The zero-order valence-electron chi connectivity index (χ0n) is 11.2. The first kappa shape index (κ1) is 13.4. The van der Waals surface area contributed by atoms with Crippen LogP contribution in [-0.2, 0) is 4.74 Å². The third kappa shape index (κ3) is 4.67. The van der Waals surface area contributed by atoms with Crippen molar-refractivity contribution in [2.45, 2.75) is 19.8 Å². The van der Waals surface area contributed by atoms with Gasteiger partial charge in [-0.1, -0.05) is 17.7 Å². The van der Waals surface area contributed by atoms with Crippen LogP contribution in [0.2, 0.25) is 0 Å². The minimum Gasteiger partial charge on any atom is -0.491 e. The lowest BCUT2D eigenvalue weighted by Crippen LogP contribution is -2.30. The van der Waals surface area contributed by atoms with Crippen molar-refractivity contribution in [2.75, 3.05) is 32.9 Å². The Morgan fingerprint density at radius 2 is 1.83 bits per heavy atom. The number of nitrogens with one attached hydrogen (secondary N) is 1. The van der Waals surface area contributed by atoms with E-state index in [0.29, 0.717) is 13.2 Å². The van der Waals surface area contributed by atoms with E-state index >= 15 is 0 Å². The van der Waals surface area contributed by atoms with Crippen LogP contribution < -0.4 is 10.1 Å². The molecule has 2 rings (SSSR count). The van der Waals surface area contributed by atoms with Gasteiger partial charge >= 0.3 is 0 Å². The first-order chi connectivity index (χ1) is 8.84. The summed E-state index contributed by atoms with van der Waals surface area (Å²) < 4.78 is 11.3. The smallest absolute Gasteiger partial charge is 0.119 e. The van der Waals surface area contributed by atoms with Crippen molar-refractivity contribution in [3.8, 4) is 5.75 Å². The molecule has 0 aromatic heterocycles. The molecule has 0 radical (unpaired) electrons. The van der Waals surface area contributed by atoms with Crippen LogP contribution in [0.5, 0.6) is 5.75 Å². The van der Waals surface area contributed by atoms with Crippen LogP contribution in [-0.4, -0.2) is 32.9 Å². The second-order valence-electron chi connectivity index (χ2n) is 4.93. The molecule has 1 heterocycles. The standard InChI is InChI=1S/C15H23NO2/c1-13-2-4-15(5-3-13)18-11-10-17-12-14-6-8-16-9-7-14/h2-5,14,16H,6-12H2,1H3. The molecule has 100 valence electrons. The Kier molecular flexibility index (Phi) is 5.49. The fraction of sp³-hybridized carbons (Fsp3) is 0.600. The van der Waals surface area contributed by atoms with E-state index in [1.54, 1.807) is 0 Å². The van der Waals surface area contributed by atoms with Crippen molar-refractivity contribution < 1.29 is 9.47 Å². The lowest BCUT2D eigenvalue weighted by atomic mass is 9.99. The van der Waals surface area contributed by atoms with Crippen LogP contribution in [0.4, 0.5) is 0 Å². The Labute approximate surface area is 109 Å². The molecule has 3 nitrogen and oxygen atoms in total. The molecule has 18 heavy (non-hydrogen) atoms. The third-order valence-electron chi connectivity index (χ3n) is 3.33. The van der Waals surface area contributed by atoms with Gasteiger partial charge in [-0.15, -0.1) is 0 Å². The molecule has 1 aromatic carbocycles. The summed E-state index contributed by atoms with van der Waals surface area (Å²) in [6.07, 6.45) is 2.47. The summed E-state index contributed by atoms with van der Waals surface area (Å²) in [5.41, 5.74) is 1.25. The van der Waals surface area contributed by atoms with Crippen molar-refractivity contribution in [3.63, 3.8) is 0 Å². The monoisotopic (exact) mass is 249 g/mol. The van der Waals surface area contributed by atoms with Gasteiger partial charge < -0.3 is 14.8 Å². The van der Waals surface area contributed by atoms with E-state index < -0.39 is 0 Å². The fourth-order valence-corrected chi connectivity index (χ4v) is 2.15. The van der Waals surface area contributed by atoms with Crippen LogP contribution in [0.15, 0.2) is 24.3 Å². The molecule has 0 bridgehead atoms. The molecule has 0 spiro atoms. The lowest BCUT2D eigenvalue weighted by molar-refractivity contribution is 0.0655. The second kappa shape index (κ2) is 7.39. The Morgan fingerprint density at radius 3 is 2.56 bits per heavy atom. The van der Waals surface area contributed by atoms with Gasteiger partial charge in [-0.25, -0.2) is 0 Å². The Hall–Kier alpha value is -1.06. The highest BCUT2D eigenvalue weighted by atomic mass is 16.5. The molecule has 1 aliphatic rings. The minimum atomic E-state index is 0.633. The maximum Gasteiger partial charge on any atom is 0.119 e. The van der Waals surface area contributed by atoms with E-state index in [4.69, 9.17) is 9.47 Å². The fourth-order valence-electron chi connectivity index (χ4n) is 2.15. The third-order valence-corrected chi connectivity index (χ3v) is 3.33. The normalized spacial score (nSPS) is 16.7. The van der Waals surface area contributed by atoms with E-state index in [0.717, 1.165) is 31.4 Å². The molecule has 0 unspecified atom stereocenters. The van der Waals surface area contributed by atoms with Crippen LogP contribution in [0.3, 0.4) is 0 Å². The second-order valence-corrected chi connectivity index (χ2v) is 4.93. The number of rotatable bonds is 6. The predicted molar refractivity (Wildman–Crippen MR) is 73.1 cm³/mol. The summed E-state index contributed by atoms with van der Waals surface area (Å²) in [5.74, 6) is 1.65. The van der Waals surface area contributed by atoms with Gasteiger partial charge in [0, 0.05) is 6.61 Å². The van der Waals surface area contributed by atoms with Gasteiger partial charge in [-0.2, -0.15) is 0 Å². The largest absolute Gasteiger partial charge is 0.491 e. The topological polar surface area (TPSA) is 30.5 Å². The van der Waals surface area contributed by atoms with E-state index in [2.05, 4.69) is 24.4 Å². The quantitative estimate of drug-likeness (QED) is 0.785. The first-order valence-corrected chi connectivity index (χ1v) is 6.82. The average molecular weight is 249 g/mol. The summed E-state index contributed by atoms with van der Waals surface area (Å²) in [4.78, 5) is 0. The van der Waals surface area contributed by atoms with Gasteiger partial charge in [-0.3, -0.25) is 0 Å². The van der Waals surface area contributed by atoms with Crippen molar-refractivity contribution in [3.05, 3.63) is 29.8 Å². The van der Waals surface area contributed by atoms with E-state index in [-0.39, 0.29) is 0 Å². The van der Waals surface area contributed by atoms with E-state index in [9.17, 15) is 0 Å². The molecule has 0 aliphatic carbocycles. The number of aryl methyl sites for hydroxylation is 1. The van der Waals surface area contributed by atoms with E-state index in [1.165, 1.54) is 18.4 Å². The van der Waals surface area contributed by atoms with Crippen LogP contribution in [0, 0.1) is 12.8 Å². The van der Waals surface area contributed by atoms with Gasteiger partial charge in [0.2, 0.25) is 0 Å². The summed E-state index contributed by atoms with van der Waals surface area (Å²) in [6, 6.07) is 8.13. The molecular formula is C15H23NO2. The highest BCUT2D eigenvalue weighted by Crippen LogP contribution is 2.12. The predicted octanol–water partition coefficient (Wildman–Crippen LogP) is 2.39. The Morgan fingerprint density at radius 1 is 1.11 bits per heavy atom. The molecule has 0 saturated carbocycles. The molecule has 0 amide bonds. The Bertz CT molecular complexity index is 331. The molecule has 1 saturated heterocycles.